The summed E-state index contributed by atoms with van der Waals surface area (Å²) in [4.78, 5) is 11.1. The van der Waals surface area contributed by atoms with Crippen LogP contribution < -0.4 is 5.32 Å². The molecule has 0 aromatic carbocycles. The van der Waals surface area contributed by atoms with Crippen molar-refractivity contribution >= 4 is 5.97 Å². The Morgan fingerprint density at radius 3 is 2.78 bits per heavy atom. The molecule has 1 atom stereocenters. The standard InChI is InChI=1S/C14H24N2O2/c1-5-7-15-11(2)12-6-8-16(9-12)10-14(3,4)13(17)18/h6,8-9,11,15H,5,7,10H2,1-4H3,(H,17,18). The van der Waals surface area contributed by atoms with Crippen LogP contribution in [0.3, 0.4) is 0 Å². The van der Waals surface area contributed by atoms with Crippen molar-refractivity contribution in [2.75, 3.05) is 6.54 Å². The van der Waals surface area contributed by atoms with Gasteiger partial charge in [0.25, 0.3) is 0 Å². The molecule has 0 saturated heterocycles. The fourth-order valence-corrected chi connectivity index (χ4v) is 1.82. The van der Waals surface area contributed by atoms with Gasteiger partial charge >= 0.3 is 5.97 Å². The van der Waals surface area contributed by atoms with Gasteiger partial charge in [0.1, 0.15) is 0 Å². The number of rotatable bonds is 7. The van der Waals surface area contributed by atoms with Gasteiger partial charge in [-0.05, 0) is 45.4 Å². The van der Waals surface area contributed by atoms with Crippen molar-refractivity contribution in [1.29, 1.82) is 0 Å². The molecule has 0 aliphatic carbocycles. The maximum atomic E-state index is 11.1. The zero-order valence-corrected chi connectivity index (χ0v) is 11.7. The van der Waals surface area contributed by atoms with Gasteiger partial charge in [0.2, 0.25) is 0 Å². The topological polar surface area (TPSA) is 54.3 Å². The van der Waals surface area contributed by atoms with Crippen molar-refractivity contribution in [3.63, 3.8) is 0 Å². The number of carboxylic acid groups (broad SMARTS) is 1. The molecule has 0 fully saturated rings. The third-order valence-electron chi connectivity index (χ3n) is 3.13. The highest BCUT2D eigenvalue weighted by Crippen LogP contribution is 2.20. The number of carboxylic acids is 1. The first-order valence-electron chi connectivity index (χ1n) is 6.49. The van der Waals surface area contributed by atoms with E-state index in [4.69, 9.17) is 5.11 Å². The second kappa shape index (κ2) is 6.05. The van der Waals surface area contributed by atoms with Gasteiger partial charge in [0.05, 0.1) is 5.41 Å². The predicted molar refractivity (Wildman–Crippen MR) is 72.6 cm³/mol. The Morgan fingerprint density at radius 1 is 1.56 bits per heavy atom. The van der Waals surface area contributed by atoms with Crippen LogP contribution in [0.15, 0.2) is 18.5 Å². The molecule has 102 valence electrons. The molecule has 1 rings (SSSR count). The van der Waals surface area contributed by atoms with E-state index in [0.717, 1.165) is 13.0 Å². The van der Waals surface area contributed by atoms with Gasteiger partial charge in [-0.2, -0.15) is 0 Å². The van der Waals surface area contributed by atoms with Crippen molar-refractivity contribution in [3.8, 4) is 0 Å². The molecule has 4 heteroatoms. The number of carbonyl (C=O) groups is 1. The van der Waals surface area contributed by atoms with E-state index in [1.807, 2.05) is 23.0 Å². The average Bonchev–Trinajstić information content (AvgIpc) is 2.73. The second-order valence-electron chi connectivity index (χ2n) is 5.48. The number of aliphatic carboxylic acids is 1. The third-order valence-corrected chi connectivity index (χ3v) is 3.13. The molecule has 1 unspecified atom stereocenters. The van der Waals surface area contributed by atoms with E-state index in [0.29, 0.717) is 12.6 Å². The number of nitrogens with zero attached hydrogens (tertiary/aromatic N) is 1. The van der Waals surface area contributed by atoms with Crippen LogP contribution in [0.5, 0.6) is 0 Å². The average molecular weight is 252 g/mol. The third kappa shape index (κ3) is 3.88. The van der Waals surface area contributed by atoms with Crippen LogP contribution in [0.2, 0.25) is 0 Å². The molecule has 0 saturated carbocycles. The van der Waals surface area contributed by atoms with Crippen LogP contribution in [0.1, 0.15) is 45.7 Å². The molecular weight excluding hydrogens is 228 g/mol. The predicted octanol–water partition coefficient (Wildman–Crippen LogP) is 2.66. The smallest absolute Gasteiger partial charge is 0.310 e. The number of aromatic nitrogens is 1. The molecule has 0 radical (unpaired) electrons. The highest BCUT2D eigenvalue weighted by atomic mass is 16.4. The summed E-state index contributed by atoms with van der Waals surface area (Å²) in [5.74, 6) is -0.769. The second-order valence-corrected chi connectivity index (χ2v) is 5.48. The van der Waals surface area contributed by atoms with Gasteiger partial charge in [-0.25, -0.2) is 0 Å². The first kappa shape index (κ1) is 14.8. The molecule has 1 heterocycles. The summed E-state index contributed by atoms with van der Waals surface area (Å²) in [5, 5.41) is 12.5. The lowest BCUT2D eigenvalue weighted by Gasteiger charge is -2.19. The lowest BCUT2D eigenvalue weighted by molar-refractivity contribution is -0.147. The van der Waals surface area contributed by atoms with Crippen molar-refractivity contribution in [2.45, 2.75) is 46.7 Å². The van der Waals surface area contributed by atoms with Gasteiger partial charge in [0, 0.05) is 25.0 Å². The molecule has 0 spiro atoms. The minimum Gasteiger partial charge on any atom is -0.481 e. The maximum Gasteiger partial charge on any atom is 0.310 e. The molecule has 0 aliphatic heterocycles. The van der Waals surface area contributed by atoms with Crippen LogP contribution in [0, 0.1) is 5.41 Å². The zero-order valence-electron chi connectivity index (χ0n) is 11.7. The highest BCUT2D eigenvalue weighted by molar-refractivity contribution is 5.73. The number of nitrogens with one attached hydrogen (secondary N) is 1. The van der Waals surface area contributed by atoms with E-state index < -0.39 is 11.4 Å². The fourth-order valence-electron chi connectivity index (χ4n) is 1.82. The molecule has 0 amide bonds. The molecule has 18 heavy (non-hydrogen) atoms. The normalized spacial score (nSPS) is 13.6. The first-order chi connectivity index (χ1) is 8.36. The quantitative estimate of drug-likeness (QED) is 0.784. The Labute approximate surface area is 109 Å². The number of hydrogen-bond donors (Lipinski definition) is 2. The van der Waals surface area contributed by atoms with E-state index in [9.17, 15) is 4.79 Å². The largest absolute Gasteiger partial charge is 0.481 e. The maximum absolute atomic E-state index is 11.1. The minimum atomic E-state index is -0.769. The number of hydrogen-bond acceptors (Lipinski definition) is 2. The lowest BCUT2D eigenvalue weighted by atomic mass is 9.94. The summed E-state index contributed by atoms with van der Waals surface area (Å²) < 4.78 is 1.95. The summed E-state index contributed by atoms with van der Waals surface area (Å²) in [7, 11) is 0. The van der Waals surface area contributed by atoms with Gasteiger partial charge < -0.3 is 15.0 Å². The van der Waals surface area contributed by atoms with Crippen LogP contribution in [-0.2, 0) is 11.3 Å². The zero-order chi connectivity index (χ0) is 13.8. The Hall–Kier alpha value is -1.29. The van der Waals surface area contributed by atoms with Crippen molar-refractivity contribution < 1.29 is 9.90 Å². The van der Waals surface area contributed by atoms with Crippen LogP contribution in [-0.4, -0.2) is 22.2 Å². The van der Waals surface area contributed by atoms with Gasteiger partial charge in [-0.1, -0.05) is 6.92 Å². The SMILES string of the molecule is CCCNC(C)c1ccn(CC(C)(C)C(=O)O)c1. The van der Waals surface area contributed by atoms with Gasteiger partial charge in [-0.3, -0.25) is 4.79 Å². The Balaban J connectivity index is 2.66. The molecule has 2 N–H and O–H groups in total. The van der Waals surface area contributed by atoms with E-state index >= 15 is 0 Å². The molecule has 4 nitrogen and oxygen atoms in total. The summed E-state index contributed by atoms with van der Waals surface area (Å²) in [6, 6.07) is 2.35. The summed E-state index contributed by atoms with van der Waals surface area (Å²) in [5.41, 5.74) is 0.459. The Morgan fingerprint density at radius 2 is 2.22 bits per heavy atom. The van der Waals surface area contributed by atoms with Crippen molar-refractivity contribution in [2.24, 2.45) is 5.41 Å². The van der Waals surface area contributed by atoms with Crippen LogP contribution >= 0.6 is 0 Å². The molecule has 1 aromatic heterocycles. The molecule has 1 aromatic rings. The van der Waals surface area contributed by atoms with Crippen molar-refractivity contribution in [3.05, 3.63) is 24.0 Å². The first-order valence-corrected chi connectivity index (χ1v) is 6.49. The summed E-state index contributed by atoms with van der Waals surface area (Å²) in [6.07, 6.45) is 5.08. The molecule has 0 aliphatic rings. The van der Waals surface area contributed by atoms with Crippen LogP contribution in [0.25, 0.3) is 0 Å². The Kier molecular flexibility index (Phi) is 4.96. The summed E-state index contributed by atoms with van der Waals surface area (Å²) in [6.45, 7) is 9.23. The van der Waals surface area contributed by atoms with Crippen molar-refractivity contribution in [1.82, 2.24) is 9.88 Å². The Bertz CT molecular complexity index is 396. The van der Waals surface area contributed by atoms with Crippen LogP contribution in [0.4, 0.5) is 0 Å². The van der Waals surface area contributed by atoms with E-state index in [-0.39, 0.29) is 0 Å². The minimum absolute atomic E-state index is 0.305. The van der Waals surface area contributed by atoms with E-state index in [1.54, 1.807) is 13.8 Å². The monoisotopic (exact) mass is 252 g/mol. The summed E-state index contributed by atoms with van der Waals surface area (Å²) >= 11 is 0. The van der Waals surface area contributed by atoms with Gasteiger partial charge in [0.15, 0.2) is 0 Å². The van der Waals surface area contributed by atoms with E-state index in [2.05, 4.69) is 19.2 Å². The highest BCUT2D eigenvalue weighted by Gasteiger charge is 2.27. The van der Waals surface area contributed by atoms with E-state index in [1.165, 1.54) is 5.56 Å². The molecular formula is C14H24N2O2. The molecule has 0 bridgehead atoms. The lowest BCUT2D eigenvalue weighted by Crippen LogP contribution is -2.28. The van der Waals surface area contributed by atoms with Gasteiger partial charge in [-0.15, -0.1) is 0 Å². The fraction of sp³-hybridized carbons (Fsp3) is 0.643.